The van der Waals surface area contributed by atoms with Crippen LogP contribution in [0.25, 0.3) is 0 Å². The smallest absolute Gasteiger partial charge is 0.140 e. The van der Waals surface area contributed by atoms with Gasteiger partial charge in [-0.3, -0.25) is 4.79 Å². The van der Waals surface area contributed by atoms with Crippen molar-refractivity contribution < 1.29 is 15.0 Å². The minimum absolute atomic E-state index is 0.0308. The van der Waals surface area contributed by atoms with Gasteiger partial charge in [0.2, 0.25) is 0 Å². The fraction of sp³-hybridized carbons (Fsp3) is 0.833. The van der Waals surface area contributed by atoms with Gasteiger partial charge in [-0.05, 0) is 94.3 Å². The van der Waals surface area contributed by atoms with Crippen LogP contribution in [0.15, 0.2) is 23.3 Å². The van der Waals surface area contributed by atoms with Gasteiger partial charge >= 0.3 is 0 Å². The van der Waals surface area contributed by atoms with Crippen molar-refractivity contribution in [3.8, 4) is 0 Å². The van der Waals surface area contributed by atoms with E-state index in [0.29, 0.717) is 18.1 Å². The summed E-state index contributed by atoms with van der Waals surface area (Å²) in [5.74, 6) is 1.08. The van der Waals surface area contributed by atoms with Crippen molar-refractivity contribution >= 4 is 5.78 Å². The number of hydrogen-bond donors (Lipinski definition) is 2. The highest BCUT2D eigenvalue weighted by Crippen LogP contribution is 2.74. The third kappa shape index (κ3) is 3.39. The van der Waals surface area contributed by atoms with Crippen molar-refractivity contribution in [1.82, 2.24) is 0 Å². The van der Waals surface area contributed by atoms with Gasteiger partial charge in [0.1, 0.15) is 5.78 Å². The molecular weight excluding hydrogens is 408 g/mol. The molecule has 0 unspecified atom stereocenters. The second-order valence-electron chi connectivity index (χ2n) is 13.8. The molecule has 0 heterocycles. The molecule has 0 radical (unpaired) electrons. The highest BCUT2D eigenvalue weighted by atomic mass is 16.3. The third-order valence-electron chi connectivity index (χ3n) is 11.6. The summed E-state index contributed by atoms with van der Waals surface area (Å²) in [6.07, 6.45) is 11.2. The Kier molecular flexibility index (Phi) is 5.94. The summed E-state index contributed by atoms with van der Waals surface area (Å²) in [5.41, 5.74) is 1.08. The lowest BCUT2D eigenvalue weighted by Gasteiger charge is -2.65. The molecule has 186 valence electrons. The Morgan fingerprint density at radius 2 is 1.79 bits per heavy atom. The van der Waals surface area contributed by atoms with Crippen LogP contribution in [0.3, 0.4) is 0 Å². The van der Waals surface area contributed by atoms with Gasteiger partial charge < -0.3 is 10.2 Å². The van der Waals surface area contributed by atoms with Crippen LogP contribution in [0.4, 0.5) is 0 Å². The summed E-state index contributed by atoms with van der Waals surface area (Å²) >= 11 is 0. The Balaban J connectivity index is 1.71. The molecule has 0 aromatic carbocycles. The summed E-state index contributed by atoms with van der Waals surface area (Å²) < 4.78 is 0. The lowest BCUT2D eigenvalue weighted by Crippen LogP contribution is -2.64. The van der Waals surface area contributed by atoms with Crippen molar-refractivity contribution in [2.45, 2.75) is 118 Å². The van der Waals surface area contributed by atoms with Crippen molar-refractivity contribution in [2.24, 2.45) is 39.4 Å². The van der Waals surface area contributed by atoms with Crippen molar-refractivity contribution in [3.05, 3.63) is 23.3 Å². The van der Waals surface area contributed by atoms with Crippen molar-refractivity contribution in [2.75, 3.05) is 0 Å². The molecule has 0 bridgehead atoms. The van der Waals surface area contributed by atoms with Crippen LogP contribution in [0.1, 0.15) is 107 Å². The van der Waals surface area contributed by atoms with Gasteiger partial charge in [0.25, 0.3) is 0 Å². The SMILES string of the molecule is CC(C)=CCC[C@](C)(O)[C@H]1CC[C@@]2(C)[C@@H]3CC=C4[C@@H](CC[C@H](O)C4(C)C)[C@]3(C)C(=O)C[C@]12C. The highest BCUT2D eigenvalue weighted by Gasteiger charge is 2.71. The van der Waals surface area contributed by atoms with Gasteiger partial charge in [-0.2, -0.15) is 0 Å². The lowest BCUT2D eigenvalue weighted by molar-refractivity contribution is -0.179. The summed E-state index contributed by atoms with van der Waals surface area (Å²) in [5, 5.41) is 22.4. The first-order valence-corrected chi connectivity index (χ1v) is 13.4. The van der Waals surface area contributed by atoms with E-state index in [1.54, 1.807) is 0 Å². The van der Waals surface area contributed by atoms with Gasteiger partial charge in [0, 0.05) is 17.3 Å². The van der Waals surface area contributed by atoms with Crippen LogP contribution in [0.5, 0.6) is 0 Å². The average Bonchev–Trinajstić information content (AvgIpc) is 2.96. The van der Waals surface area contributed by atoms with E-state index in [1.165, 1.54) is 11.1 Å². The molecule has 0 aromatic heterocycles. The molecule has 8 atom stereocenters. The number of fused-ring (bicyclic) bond motifs is 5. The Morgan fingerprint density at radius 3 is 2.42 bits per heavy atom. The average molecular weight is 457 g/mol. The van der Waals surface area contributed by atoms with Crippen molar-refractivity contribution in [3.63, 3.8) is 0 Å². The van der Waals surface area contributed by atoms with Crippen LogP contribution >= 0.6 is 0 Å². The maximum Gasteiger partial charge on any atom is 0.140 e. The maximum absolute atomic E-state index is 14.2. The largest absolute Gasteiger partial charge is 0.392 e. The van der Waals surface area contributed by atoms with E-state index < -0.39 is 5.60 Å². The predicted molar refractivity (Wildman–Crippen MR) is 135 cm³/mol. The quantitative estimate of drug-likeness (QED) is 0.467. The molecule has 4 rings (SSSR count). The fourth-order valence-electron chi connectivity index (χ4n) is 9.25. The van der Waals surface area contributed by atoms with Gasteiger partial charge in [-0.25, -0.2) is 0 Å². The lowest BCUT2D eigenvalue weighted by atomic mass is 9.38. The van der Waals surface area contributed by atoms with E-state index in [1.807, 2.05) is 6.92 Å². The highest BCUT2D eigenvalue weighted by molar-refractivity contribution is 5.88. The van der Waals surface area contributed by atoms with E-state index in [9.17, 15) is 15.0 Å². The molecule has 0 aromatic rings. The number of aliphatic hydroxyl groups excluding tert-OH is 1. The molecule has 3 nitrogen and oxygen atoms in total. The van der Waals surface area contributed by atoms with E-state index >= 15 is 0 Å². The summed E-state index contributed by atoms with van der Waals surface area (Å²) in [6, 6.07) is 0. The Hall–Kier alpha value is -0.930. The number of allylic oxidation sites excluding steroid dienone is 3. The van der Waals surface area contributed by atoms with E-state index in [0.717, 1.165) is 44.9 Å². The second-order valence-corrected chi connectivity index (χ2v) is 13.8. The zero-order chi connectivity index (χ0) is 24.6. The minimum atomic E-state index is -0.765. The van der Waals surface area contributed by atoms with Crippen LogP contribution < -0.4 is 0 Å². The minimum Gasteiger partial charge on any atom is -0.392 e. The molecule has 3 heteroatoms. The topological polar surface area (TPSA) is 57.5 Å². The number of Topliss-reactive ketones (excluding diaryl/α,β-unsaturated/α-hetero) is 1. The monoisotopic (exact) mass is 456 g/mol. The first-order chi connectivity index (χ1) is 15.1. The third-order valence-corrected chi connectivity index (χ3v) is 11.6. The Morgan fingerprint density at radius 1 is 1.12 bits per heavy atom. The van der Waals surface area contributed by atoms with Crippen LogP contribution in [-0.2, 0) is 4.79 Å². The summed E-state index contributed by atoms with van der Waals surface area (Å²) in [6.45, 7) is 17.6. The van der Waals surface area contributed by atoms with E-state index in [-0.39, 0.29) is 39.6 Å². The van der Waals surface area contributed by atoms with Gasteiger partial charge in [-0.1, -0.05) is 57.9 Å². The maximum atomic E-state index is 14.2. The molecule has 3 saturated carbocycles. The molecule has 4 aliphatic rings. The molecular formula is C30H48O3. The van der Waals surface area contributed by atoms with E-state index in [2.05, 4.69) is 60.6 Å². The predicted octanol–water partition coefficient (Wildman–Crippen LogP) is 6.63. The zero-order valence-corrected chi connectivity index (χ0v) is 22.4. The molecule has 0 aliphatic heterocycles. The number of hydrogen-bond acceptors (Lipinski definition) is 3. The van der Waals surface area contributed by atoms with Crippen LogP contribution in [0, 0.1) is 39.4 Å². The first kappa shape index (κ1) is 25.2. The van der Waals surface area contributed by atoms with E-state index in [4.69, 9.17) is 0 Å². The molecule has 0 amide bonds. The van der Waals surface area contributed by atoms with Crippen LogP contribution in [0.2, 0.25) is 0 Å². The summed E-state index contributed by atoms with van der Waals surface area (Å²) in [4.78, 5) is 14.2. The van der Waals surface area contributed by atoms with Gasteiger partial charge in [0.05, 0.1) is 11.7 Å². The molecule has 3 fully saturated rings. The normalized spacial score (nSPS) is 45.9. The molecule has 0 saturated heterocycles. The molecule has 0 spiro atoms. The first-order valence-electron chi connectivity index (χ1n) is 13.4. The standard InChI is InChI=1S/C30H48O3/c1-19(2)10-9-16-29(7,33)22-15-17-27(5)23-13-11-20-21(12-14-24(31)26(20,3)4)30(23,8)25(32)18-28(22,27)6/h10-11,21-24,31,33H,9,12-18H2,1-8H3/t21-,22+,23+,24+,27+,28-,29+,30+/m1/s1. The fourth-order valence-corrected chi connectivity index (χ4v) is 9.25. The van der Waals surface area contributed by atoms with Crippen molar-refractivity contribution in [1.29, 1.82) is 0 Å². The number of carbonyl (C=O) groups is 1. The Labute approximate surface area is 202 Å². The Bertz CT molecular complexity index is 875. The van der Waals surface area contributed by atoms with Gasteiger partial charge in [-0.15, -0.1) is 0 Å². The van der Waals surface area contributed by atoms with Gasteiger partial charge in [0.15, 0.2) is 0 Å². The molecule has 33 heavy (non-hydrogen) atoms. The zero-order valence-electron chi connectivity index (χ0n) is 22.4. The molecule has 2 N–H and O–H groups in total. The summed E-state index contributed by atoms with van der Waals surface area (Å²) in [7, 11) is 0. The second kappa shape index (κ2) is 7.79. The molecule has 4 aliphatic carbocycles. The number of ketones is 1. The number of rotatable bonds is 4. The number of carbonyl (C=O) groups excluding carboxylic acids is 1. The number of aliphatic hydroxyl groups is 2. The van der Waals surface area contributed by atoms with Crippen LogP contribution in [-0.4, -0.2) is 27.7 Å².